The zero-order chi connectivity index (χ0) is 27.3. The Morgan fingerprint density at radius 1 is 0.947 bits per heavy atom. The van der Waals surface area contributed by atoms with E-state index in [1.54, 1.807) is 65.5 Å². The third-order valence-electron chi connectivity index (χ3n) is 5.76. The molecular formula is C29H28ClN5O3. The Hall–Kier alpha value is -4.30. The first-order chi connectivity index (χ1) is 18.1. The van der Waals surface area contributed by atoms with E-state index in [-0.39, 0.29) is 28.9 Å². The van der Waals surface area contributed by atoms with E-state index in [0.29, 0.717) is 34.9 Å². The minimum Gasteiger partial charge on any atom is -0.350 e. The van der Waals surface area contributed by atoms with Crippen LogP contribution in [0.3, 0.4) is 0 Å². The Bertz CT molecular complexity index is 1460. The highest BCUT2D eigenvalue weighted by Crippen LogP contribution is 2.23. The van der Waals surface area contributed by atoms with Crippen LogP contribution in [0.25, 0.3) is 0 Å². The summed E-state index contributed by atoms with van der Waals surface area (Å²) in [5, 5.41) is 10.5. The zero-order valence-corrected chi connectivity index (χ0v) is 22.1. The van der Waals surface area contributed by atoms with Crippen molar-refractivity contribution < 1.29 is 14.4 Å². The van der Waals surface area contributed by atoms with Crippen LogP contribution in [-0.4, -0.2) is 38.9 Å². The Morgan fingerprint density at radius 3 is 2.37 bits per heavy atom. The number of carbonyl (C=O) groups excluding carboxylic acids is 3. The van der Waals surface area contributed by atoms with E-state index >= 15 is 0 Å². The molecule has 38 heavy (non-hydrogen) atoms. The van der Waals surface area contributed by atoms with Crippen molar-refractivity contribution in [3.63, 3.8) is 0 Å². The van der Waals surface area contributed by atoms with Crippen molar-refractivity contribution in [2.24, 2.45) is 0 Å². The predicted octanol–water partition coefficient (Wildman–Crippen LogP) is 5.14. The number of nitrogens with zero attached hydrogens (tertiary/aromatic N) is 3. The smallest absolute Gasteiger partial charge is 0.274 e. The molecule has 2 amide bonds. The van der Waals surface area contributed by atoms with Gasteiger partial charge in [-0.3, -0.25) is 24.0 Å². The van der Waals surface area contributed by atoms with Crippen molar-refractivity contribution in [1.82, 2.24) is 20.1 Å². The molecule has 9 heteroatoms. The first-order valence-corrected chi connectivity index (χ1v) is 12.5. The molecule has 0 saturated heterocycles. The highest BCUT2D eigenvalue weighted by atomic mass is 35.5. The average Bonchev–Trinajstić information content (AvgIpc) is 3.36. The quantitative estimate of drug-likeness (QED) is 0.307. The summed E-state index contributed by atoms with van der Waals surface area (Å²) in [6.07, 6.45) is 3.56. The number of hydrogen-bond acceptors (Lipinski definition) is 5. The molecule has 0 radical (unpaired) electrons. The number of aromatic nitrogens is 3. The summed E-state index contributed by atoms with van der Waals surface area (Å²) < 4.78 is 1.57. The van der Waals surface area contributed by atoms with Gasteiger partial charge in [0.05, 0.1) is 17.3 Å². The van der Waals surface area contributed by atoms with Gasteiger partial charge >= 0.3 is 0 Å². The number of anilines is 1. The second-order valence-corrected chi connectivity index (χ2v) is 10.1. The van der Waals surface area contributed by atoms with Gasteiger partial charge < -0.3 is 10.6 Å². The van der Waals surface area contributed by atoms with Gasteiger partial charge in [-0.15, -0.1) is 0 Å². The highest BCUT2D eigenvalue weighted by molar-refractivity contribution is 6.31. The maximum absolute atomic E-state index is 13.3. The van der Waals surface area contributed by atoms with Gasteiger partial charge in [0.1, 0.15) is 11.4 Å². The summed E-state index contributed by atoms with van der Waals surface area (Å²) in [6.45, 7) is 6.09. The number of hydrogen-bond donors (Lipinski definition) is 2. The fourth-order valence-electron chi connectivity index (χ4n) is 3.88. The topological polar surface area (TPSA) is 106 Å². The second kappa shape index (κ2) is 11.4. The average molecular weight is 530 g/mol. The molecular weight excluding hydrogens is 502 g/mol. The molecule has 0 unspecified atom stereocenters. The molecule has 2 aromatic carbocycles. The number of benzene rings is 2. The zero-order valence-electron chi connectivity index (χ0n) is 21.4. The molecule has 0 bridgehead atoms. The summed E-state index contributed by atoms with van der Waals surface area (Å²) >= 11 is 6.07. The molecule has 4 rings (SSSR count). The molecule has 194 valence electrons. The molecule has 0 aliphatic rings. The maximum Gasteiger partial charge on any atom is 0.274 e. The summed E-state index contributed by atoms with van der Waals surface area (Å²) in [6, 6.07) is 19.1. The molecule has 4 aromatic rings. The summed E-state index contributed by atoms with van der Waals surface area (Å²) in [5.41, 5.74) is 2.24. The summed E-state index contributed by atoms with van der Waals surface area (Å²) in [4.78, 5) is 42.9. The normalized spacial score (nSPS) is 11.2. The lowest BCUT2D eigenvalue weighted by atomic mass is 10.0. The van der Waals surface area contributed by atoms with E-state index in [2.05, 4.69) is 20.7 Å². The Morgan fingerprint density at radius 2 is 1.71 bits per heavy atom. The van der Waals surface area contributed by atoms with Crippen LogP contribution in [0.1, 0.15) is 63.2 Å². The lowest BCUT2D eigenvalue weighted by molar-refractivity contribution is 0.0924. The molecule has 0 aliphatic heterocycles. The van der Waals surface area contributed by atoms with E-state index in [0.717, 1.165) is 5.56 Å². The van der Waals surface area contributed by atoms with Crippen molar-refractivity contribution in [1.29, 1.82) is 0 Å². The molecule has 0 saturated carbocycles. The summed E-state index contributed by atoms with van der Waals surface area (Å²) in [5.74, 6) is -0.997. The maximum atomic E-state index is 13.3. The Balaban J connectivity index is 1.43. The fraction of sp³-hybridized carbons (Fsp3) is 0.207. The molecule has 2 heterocycles. The van der Waals surface area contributed by atoms with Gasteiger partial charge in [0.2, 0.25) is 0 Å². The number of rotatable bonds is 8. The second-order valence-electron chi connectivity index (χ2n) is 9.70. The first-order valence-electron chi connectivity index (χ1n) is 12.1. The van der Waals surface area contributed by atoms with Gasteiger partial charge in [0.25, 0.3) is 11.8 Å². The largest absolute Gasteiger partial charge is 0.350 e. The summed E-state index contributed by atoms with van der Waals surface area (Å²) in [7, 11) is 0. The molecule has 2 aromatic heterocycles. The standard InChI is InChI=1S/C29H28ClN5O3/c1-29(2,3)35-25(23(18-33-35)26(36)20-7-6-8-21(30)17-20)28(38)32-16-14-19-10-12-22(13-11-19)34-27(37)24-9-4-5-15-31-24/h4-13,15,17-18H,14,16H2,1-3H3,(H,32,38)(H,34,37). The number of nitrogens with one attached hydrogen (secondary N) is 2. The van der Waals surface area contributed by atoms with Crippen LogP contribution in [0.15, 0.2) is 79.1 Å². The molecule has 0 fully saturated rings. The minimum atomic E-state index is -0.519. The van der Waals surface area contributed by atoms with Gasteiger partial charge in [-0.25, -0.2) is 0 Å². The lowest BCUT2D eigenvalue weighted by Gasteiger charge is -2.22. The van der Waals surface area contributed by atoms with Gasteiger partial charge in [-0.2, -0.15) is 5.10 Å². The number of amides is 2. The van der Waals surface area contributed by atoms with Gasteiger partial charge in [0.15, 0.2) is 5.78 Å². The van der Waals surface area contributed by atoms with Crippen molar-refractivity contribution >= 4 is 34.9 Å². The third kappa shape index (κ3) is 6.33. The van der Waals surface area contributed by atoms with E-state index in [9.17, 15) is 14.4 Å². The first kappa shape index (κ1) is 26.8. The fourth-order valence-corrected chi connectivity index (χ4v) is 4.07. The molecule has 0 aliphatic carbocycles. The van der Waals surface area contributed by atoms with Crippen LogP contribution in [0.2, 0.25) is 5.02 Å². The van der Waals surface area contributed by atoms with Crippen molar-refractivity contribution in [3.05, 3.63) is 112 Å². The molecule has 0 spiro atoms. The number of carbonyl (C=O) groups is 3. The lowest BCUT2D eigenvalue weighted by Crippen LogP contribution is -2.34. The van der Waals surface area contributed by atoms with Crippen LogP contribution in [0, 0.1) is 0 Å². The SMILES string of the molecule is CC(C)(C)n1ncc(C(=O)c2cccc(Cl)c2)c1C(=O)NCCc1ccc(NC(=O)c2ccccn2)cc1. The van der Waals surface area contributed by atoms with E-state index < -0.39 is 5.54 Å². The van der Waals surface area contributed by atoms with Crippen LogP contribution in [0.4, 0.5) is 5.69 Å². The predicted molar refractivity (Wildman–Crippen MR) is 147 cm³/mol. The highest BCUT2D eigenvalue weighted by Gasteiger charge is 2.29. The van der Waals surface area contributed by atoms with E-state index in [1.165, 1.54) is 6.20 Å². The third-order valence-corrected chi connectivity index (χ3v) is 5.99. The Kier molecular flexibility index (Phi) is 8.02. The van der Waals surface area contributed by atoms with Crippen LogP contribution >= 0.6 is 11.6 Å². The van der Waals surface area contributed by atoms with E-state index in [4.69, 9.17) is 11.6 Å². The molecule has 2 N–H and O–H groups in total. The monoisotopic (exact) mass is 529 g/mol. The van der Waals surface area contributed by atoms with Crippen LogP contribution in [-0.2, 0) is 12.0 Å². The van der Waals surface area contributed by atoms with E-state index in [1.807, 2.05) is 32.9 Å². The number of halogens is 1. The Labute approximate surface area is 226 Å². The van der Waals surface area contributed by atoms with Gasteiger partial charge in [0, 0.05) is 29.0 Å². The molecule has 0 atom stereocenters. The number of ketones is 1. The van der Waals surface area contributed by atoms with Crippen LogP contribution in [0.5, 0.6) is 0 Å². The van der Waals surface area contributed by atoms with Crippen molar-refractivity contribution in [2.45, 2.75) is 32.7 Å². The van der Waals surface area contributed by atoms with Crippen LogP contribution < -0.4 is 10.6 Å². The van der Waals surface area contributed by atoms with Gasteiger partial charge in [-0.05, 0) is 69.2 Å². The molecule has 8 nitrogen and oxygen atoms in total. The van der Waals surface area contributed by atoms with Gasteiger partial charge in [-0.1, -0.05) is 41.9 Å². The van der Waals surface area contributed by atoms with Crippen molar-refractivity contribution in [3.8, 4) is 0 Å². The number of pyridine rings is 1. The minimum absolute atomic E-state index is 0.204. The van der Waals surface area contributed by atoms with Crippen molar-refractivity contribution in [2.75, 3.05) is 11.9 Å².